The summed E-state index contributed by atoms with van der Waals surface area (Å²) in [4.78, 5) is 36.6. The summed E-state index contributed by atoms with van der Waals surface area (Å²) in [5, 5.41) is 14.0. The number of methoxy groups -OCH3 is 1. The zero-order valence-corrected chi connectivity index (χ0v) is 18.4. The van der Waals surface area contributed by atoms with E-state index in [1.165, 1.54) is 7.11 Å². The van der Waals surface area contributed by atoms with Gasteiger partial charge in [0, 0.05) is 19.4 Å². The largest absolute Gasteiger partial charge is 0.480 e. The number of carboxylic acids is 1. The molecule has 2 amide bonds. The summed E-state index contributed by atoms with van der Waals surface area (Å²) in [5.41, 5.74) is 4.32. The molecule has 3 atom stereocenters. The standard InChI is InChI=1S/C25H26N2O6/c1-4-9-21(24(29)30)26-23(28)22(15(2)32-3)27-25(31)33-14-20-18-12-7-5-10-16(18)17-11-6-8-13-19(17)20/h1,5-8,10-13,15,20-22H,9,14H2,2-3H3,(H,26,28)(H,27,31)(H,29,30). The van der Waals surface area contributed by atoms with Crippen molar-refractivity contribution in [2.24, 2.45) is 0 Å². The number of carboxylic acid groups (broad SMARTS) is 1. The average Bonchev–Trinajstić information content (AvgIpc) is 3.14. The molecule has 33 heavy (non-hydrogen) atoms. The fourth-order valence-corrected chi connectivity index (χ4v) is 3.88. The highest BCUT2D eigenvalue weighted by molar-refractivity contribution is 5.90. The first-order chi connectivity index (χ1) is 15.9. The van der Waals surface area contributed by atoms with Crippen LogP contribution in [0, 0.1) is 12.3 Å². The lowest BCUT2D eigenvalue weighted by atomic mass is 9.98. The van der Waals surface area contributed by atoms with Crippen LogP contribution in [0.25, 0.3) is 11.1 Å². The smallest absolute Gasteiger partial charge is 0.407 e. The molecule has 0 aliphatic heterocycles. The van der Waals surface area contributed by atoms with Crippen molar-refractivity contribution in [2.45, 2.75) is 37.5 Å². The second-order valence-corrected chi connectivity index (χ2v) is 7.70. The Labute approximate surface area is 192 Å². The van der Waals surface area contributed by atoms with Gasteiger partial charge in [0.1, 0.15) is 18.7 Å². The van der Waals surface area contributed by atoms with Gasteiger partial charge in [-0.3, -0.25) is 4.79 Å². The summed E-state index contributed by atoms with van der Waals surface area (Å²) in [6.07, 6.45) is 3.42. The molecule has 1 aliphatic carbocycles. The zero-order valence-electron chi connectivity index (χ0n) is 18.4. The maximum Gasteiger partial charge on any atom is 0.407 e. The number of aliphatic carboxylic acids is 1. The summed E-state index contributed by atoms with van der Waals surface area (Å²) in [7, 11) is 1.38. The van der Waals surface area contributed by atoms with Gasteiger partial charge in [0.15, 0.2) is 0 Å². The van der Waals surface area contributed by atoms with E-state index in [0.29, 0.717) is 0 Å². The maximum absolute atomic E-state index is 12.7. The van der Waals surface area contributed by atoms with E-state index in [2.05, 4.69) is 16.6 Å². The van der Waals surface area contributed by atoms with Crippen LogP contribution in [0.4, 0.5) is 4.79 Å². The number of amides is 2. The number of nitrogens with one attached hydrogen (secondary N) is 2. The van der Waals surface area contributed by atoms with Gasteiger partial charge in [-0.1, -0.05) is 48.5 Å². The highest BCUT2D eigenvalue weighted by atomic mass is 16.5. The molecule has 2 aromatic rings. The van der Waals surface area contributed by atoms with E-state index in [4.69, 9.17) is 15.9 Å². The van der Waals surface area contributed by atoms with Crippen LogP contribution in [0.2, 0.25) is 0 Å². The van der Waals surface area contributed by atoms with Crippen LogP contribution >= 0.6 is 0 Å². The lowest BCUT2D eigenvalue weighted by Crippen LogP contribution is -2.56. The molecule has 0 radical (unpaired) electrons. The van der Waals surface area contributed by atoms with Gasteiger partial charge >= 0.3 is 12.1 Å². The summed E-state index contributed by atoms with van der Waals surface area (Å²) in [5.74, 6) is 0.0620. The quantitative estimate of drug-likeness (QED) is 0.506. The molecule has 0 saturated carbocycles. The third-order valence-electron chi connectivity index (χ3n) is 5.68. The van der Waals surface area contributed by atoms with Crippen molar-refractivity contribution in [3.63, 3.8) is 0 Å². The number of rotatable bonds is 9. The van der Waals surface area contributed by atoms with Gasteiger partial charge in [-0.05, 0) is 29.2 Å². The SMILES string of the molecule is C#CCC(NC(=O)C(NC(=O)OCC1c2ccccc2-c2ccccc21)C(C)OC)C(=O)O. The normalized spacial score (nSPS) is 14.7. The predicted octanol–water partition coefficient (Wildman–Crippen LogP) is 2.52. The molecule has 2 aromatic carbocycles. The number of ether oxygens (including phenoxy) is 2. The summed E-state index contributed by atoms with van der Waals surface area (Å²) in [6, 6.07) is 13.4. The van der Waals surface area contributed by atoms with Crippen molar-refractivity contribution in [1.82, 2.24) is 10.6 Å². The number of hydrogen-bond acceptors (Lipinski definition) is 5. The maximum atomic E-state index is 12.7. The fraction of sp³-hybridized carbons (Fsp3) is 0.320. The molecule has 0 spiro atoms. The van der Waals surface area contributed by atoms with Crippen molar-refractivity contribution in [1.29, 1.82) is 0 Å². The fourth-order valence-electron chi connectivity index (χ4n) is 3.88. The Morgan fingerprint density at radius 2 is 1.64 bits per heavy atom. The van der Waals surface area contributed by atoms with Crippen LogP contribution in [0.5, 0.6) is 0 Å². The molecule has 3 N–H and O–H groups in total. The molecule has 172 valence electrons. The highest BCUT2D eigenvalue weighted by Crippen LogP contribution is 2.44. The molecule has 3 rings (SSSR count). The van der Waals surface area contributed by atoms with Gasteiger partial charge in [-0.2, -0.15) is 0 Å². The van der Waals surface area contributed by atoms with E-state index in [0.717, 1.165) is 22.3 Å². The topological polar surface area (TPSA) is 114 Å². The van der Waals surface area contributed by atoms with Gasteiger partial charge in [0.05, 0.1) is 6.10 Å². The number of benzene rings is 2. The summed E-state index contributed by atoms with van der Waals surface area (Å²) >= 11 is 0. The molecule has 8 nitrogen and oxygen atoms in total. The Bertz CT molecular complexity index is 1030. The first-order valence-electron chi connectivity index (χ1n) is 10.5. The molecular formula is C25H26N2O6. The van der Waals surface area contributed by atoms with Crippen LogP contribution < -0.4 is 10.6 Å². The van der Waals surface area contributed by atoms with E-state index in [1.54, 1.807) is 6.92 Å². The van der Waals surface area contributed by atoms with Crippen LogP contribution in [-0.2, 0) is 19.1 Å². The number of alkyl carbamates (subject to hydrolysis) is 1. The lowest BCUT2D eigenvalue weighted by molar-refractivity contribution is -0.142. The van der Waals surface area contributed by atoms with Crippen molar-refractivity contribution in [2.75, 3.05) is 13.7 Å². The molecule has 0 fully saturated rings. The third kappa shape index (κ3) is 5.33. The first-order valence-corrected chi connectivity index (χ1v) is 10.5. The molecule has 0 heterocycles. The summed E-state index contributed by atoms with van der Waals surface area (Å²) < 4.78 is 10.7. The van der Waals surface area contributed by atoms with E-state index < -0.39 is 36.2 Å². The van der Waals surface area contributed by atoms with E-state index in [1.807, 2.05) is 48.5 Å². The number of hydrogen-bond donors (Lipinski definition) is 3. The highest BCUT2D eigenvalue weighted by Gasteiger charge is 2.32. The Kier molecular flexibility index (Phi) is 7.70. The number of terminal acetylenes is 1. The molecule has 0 saturated heterocycles. The van der Waals surface area contributed by atoms with Gasteiger partial charge in [0.25, 0.3) is 0 Å². The van der Waals surface area contributed by atoms with Gasteiger partial charge in [-0.25, -0.2) is 9.59 Å². The Hall–Kier alpha value is -3.83. The van der Waals surface area contributed by atoms with Gasteiger partial charge < -0.3 is 25.2 Å². The van der Waals surface area contributed by atoms with Crippen LogP contribution in [0.15, 0.2) is 48.5 Å². The van der Waals surface area contributed by atoms with E-state index >= 15 is 0 Å². The van der Waals surface area contributed by atoms with Crippen molar-refractivity contribution < 1.29 is 29.0 Å². The molecule has 0 aromatic heterocycles. The minimum atomic E-state index is -1.28. The number of fused-ring (bicyclic) bond motifs is 3. The molecule has 3 unspecified atom stereocenters. The van der Waals surface area contributed by atoms with Gasteiger partial charge in [-0.15, -0.1) is 12.3 Å². The van der Waals surface area contributed by atoms with Crippen molar-refractivity contribution in [3.8, 4) is 23.5 Å². The number of carbonyl (C=O) groups excluding carboxylic acids is 2. The van der Waals surface area contributed by atoms with E-state index in [-0.39, 0.29) is 18.9 Å². The Morgan fingerprint density at radius 1 is 1.06 bits per heavy atom. The lowest BCUT2D eigenvalue weighted by Gasteiger charge is -2.25. The second-order valence-electron chi connectivity index (χ2n) is 7.70. The zero-order chi connectivity index (χ0) is 24.0. The monoisotopic (exact) mass is 450 g/mol. The summed E-state index contributed by atoms with van der Waals surface area (Å²) in [6.45, 7) is 1.65. The van der Waals surface area contributed by atoms with Gasteiger partial charge in [0.2, 0.25) is 5.91 Å². The Morgan fingerprint density at radius 3 is 2.15 bits per heavy atom. The predicted molar refractivity (Wildman–Crippen MR) is 121 cm³/mol. The Balaban J connectivity index is 1.68. The van der Waals surface area contributed by atoms with Crippen LogP contribution in [0.1, 0.15) is 30.4 Å². The first kappa shape index (κ1) is 23.8. The average molecular weight is 450 g/mol. The van der Waals surface area contributed by atoms with Crippen LogP contribution in [-0.4, -0.2) is 55.0 Å². The van der Waals surface area contributed by atoms with Crippen molar-refractivity contribution >= 4 is 18.0 Å². The molecule has 0 bridgehead atoms. The third-order valence-corrected chi connectivity index (χ3v) is 5.68. The molecular weight excluding hydrogens is 424 g/mol. The number of carbonyl (C=O) groups is 3. The second kappa shape index (κ2) is 10.7. The van der Waals surface area contributed by atoms with E-state index in [9.17, 15) is 19.5 Å². The molecule has 8 heteroatoms. The minimum Gasteiger partial charge on any atom is -0.480 e. The van der Waals surface area contributed by atoms with Crippen molar-refractivity contribution in [3.05, 3.63) is 59.7 Å². The van der Waals surface area contributed by atoms with Crippen LogP contribution in [0.3, 0.4) is 0 Å². The molecule has 1 aliphatic rings. The minimum absolute atomic E-state index is 0.0738.